The Labute approximate surface area is 159 Å². The standard InChI is InChI=1S/C20H26N4O3/c1-15-5-7-16(8-6-15)17-13-18(27-21-17)20(26)24-10-4-9-23(11-12-24)14-19(25)22(2)3/h5-8,13H,4,9-12,14H2,1-3H3. The minimum Gasteiger partial charge on any atom is -0.350 e. The van der Waals surface area contributed by atoms with Crippen molar-refractivity contribution in [2.45, 2.75) is 13.3 Å². The zero-order chi connectivity index (χ0) is 19.4. The molecular weight excluding hydrogens is 344 g/mol. The van der Waals surface area contributed by atoms with Crippen molar-refractivity contribution in [2.24, 2.45) is 0 Å². The van der Waals surface area contributed by atoms with E-state index in [0.29, 0.717) is 31.9 Å². The van der Waals surface area contributed by atoms with Gasteiger partial charge in [0.2, 0.25) is 11.7 Å². The van der Waals surface area contributed by atoms with Crippen LogP contribution in [0, 0.1) is 6.92 Å². The van der Waals surface area contributed by atoms with E-state index in [1.54, 1.807) is 30.0 Å². The van der Waals surface area contributed by atoms with Gasteiger partial charge in [0, 0.05) is 51.9 Å². The predicted octanol–water partition coefficient (Wildman–Crippen LogP) is 1.89. The molecule has 0 radical (unpaired) electrons. The highest BCUT2D eigenvalue weighted by Crippen LogP contribution is 2.20. The Morgan fingerprint density at radius 1 is 1.11 bits per heavy atom. The van der Waals surface area contributed by atoms with Crippen LogP contribution in [0.25, 0.3) is 11.3 Å². The summed E-state index contributed by atoms with van der Waals surface area (Å²) in [6, 6.07) is 9.64. The molecule has 1 aliphatic rings. The lowest BCUT2D eigenvalue weighted by atomic mass is 10.1. The first-order valence-electron chi connectivity index (χ1n) is 9.19. The Morgan fingerprint density at radius 3 is 2.56 bits per heavy atom. The van der Waals surface area contributed by atoms with Crippen LogP contribution in [0.5, 0.6) is 0 Å². The van der Waals surface area contributed by atoms with Crippen LogP contribution < -0.4 is 0 Å². The monoisotopic (exact) mass is 370 g/mol. The molecule has 1 aromatic heterocycles. The van der Waals surface area contributed by atoms with Crippen molar-refractivity contribution in [3.63, 3.8) is 0 Å². The fraction of sp³-hybridized carbons (Fsp3) is 0.450. The van der Waals surface area contributed by atoms with E-state index in [9.17, 15) is 9.59 Å². The van der Waals surface area contributed by atoms with Gasteiger partial charge in [0.1, 0.15) is 5.69 Å². The molecule has 0 bridgehead atoms. The van der Waals surface area contributed by atoms with Crippen molar-refractivity contribution in [1.29, 1.82) is 0 Å². The lowest BCUT2D eigenvalue weighted by molar-refractivity contribution is -0.129. The maximum absolute atomic E-state index is 12.8. The number of hydrogen-bond acceptors (Lipinski definition) is 5. The molecule has 7 nitrogen and oxygen atoms in total. The second kappa shape index (κ2) is 8.35. The highest BCUT2D eigenvalue weighted by molar-refractivity contribution is 5.92. The summed E-state index contributed by atoms with van der Waals surface area (Å²) in [6.07, 6.45) is 0.825. The first-order valence-corrected chi connectivity index (χ1v) is 9.19. The lowest BCUT2D eigenvalue weighted by Crippen LogP contribution is -2.39. The summed E-state index contributed by atoms with van der Waals surface area (Å²) in [5.74, 6) is 0.179. The van der Waals surface area contributed by atoms with Crippen LogP contribution in [0.1, 0.15) is 22.5 Å². The summed E-state index contributed by atoms with van der Waals surface area (Å²) in [5.41, 5.74) is 2.75. The van der Waals surface area contributed by atoms with E-state index < -0.39 is 0 Å². The third kappa shape index (κ3) is 4.74. The van der Waals surface area contributed by atoms with E-state index in [1.165, 1.54) is 5.56 Å². The minimum absolute atomic E-state index is 0.0766. The zero-order valence-electron chi connectivity index (χ0n) is 16.1. The summed E-state index contributed by atoms with van der Waals surface area (Å²) in [5, 5.41) is 4.05. The molecule has 0 N–H and O–H groups in total. The van der Waals surface area contributed by atoms with E-state index in [1.807, 2.05) is 31.2 Å². The largest absolute Gasteiger partial charge is 0.350 e. The van der Waals surface area contributed by atoms with E-state index in [-0.39, 0.29) is 17.6 Å². The van der Waals surface area contributed by atoms with Gasteiger partial charge < -0.3 is 14.3 Å². The molecule has 1 fully saturated rings. The van der Waals surface area contributed by atoms with Crippen LogP contribution in [0.15, 0.2) is 34.9 Å². The maximum atomic E-state index is 12.8. The number of benzene rings is 1. The first-order chi connectivity index (χ1) is 12.9. The van der Waals surface area contributed by atoms with Crippen LogP contribution in [0.3, 0.4) is 0 Å². The fourth-order valence-electron chi connectivity index (χ4n) is 3.06. The molecule has 27 heavy (non-hydrogen) atoms. The molecule has 1 aliphatic heterocycles. The van der Waals surface area contributed by atoms with Gasteiger partial charge in [-0.15, -0.1) is 0 Å². The molecule has 7 heteroatoms. The Kier molecular flexibility index (Phi) is 5.91. The van der Waals surface area contributed by atoms with E-state index in [4.69, 9.17) is 4.52 Å². The number of hydrogen-bond donors (Lipinski definition) is 0. The molecule has 0 unspecified atom stereocenters. The molecule has 2 amide bonds. The lowest BCUT2D eigenvalue weighted by Gasteiger charge is -2.22. The molecular formula is C20H26N4O3. The van der Waals surface area contributed by atoms with Crippen LogP contribution in [-0.2, 0) is 4.79 Å². The number of aryl methyl sites for hydroxylation is 1. The van der Waals surface area contributed by atoms with E-state index >= 15 is 0 Å². The second-order valence-corrected chi connectivity index (χ2v) is 7.15. The van der Waals surface area contributed by atoms with Gasteiger partial charge in [0.15, 0.2) is 0 Å². The Bertz CT molecular complexity index is 798. The summed E-state index contributed by atoms with van der Waals surface area (Å²) < 4.78 is 5.31. The second-order valence-electron chi connectivity index (χ2n) is 7.15. The normalized spacial score (nSPS) is 15.4. The molecule has 0 aliphatic carbocycles. The van der Waals surface area contributed by atoms with Crippen LogP contribution in [0.2, 0.25) is 0 Å². The maximum Gasteiger partial charge on any atom is 0.292 e. The number of carbonyl (C=O) groups excluding carboxylic acids is 2. The molecule has 0 spiro atoms. The smallest absolute Gasteiger partial charge is 0.292 e. The van der Waals surface area contributed by atoms with E-state index in [0.717, 1.165) is 18.5 Å². The molecule has 3 rings (SSSR count). The van der Waals surface area contributed by atoms with Gasteiger partial charge in [0.25, 0.3) is 5.91 Å². The number of aromatic nitrogens is 1. The Balaban J connectivity index is 1.63. The van der Waals surface area contributed by atoms with Gasteiger partial charge >= 0.3 is 0 Å². The average molecular weight is 370 g/mol. The van der Waals surface area contributed by atoms with Gasteiger partial charge in [-0.2, -0.15) is 0 Å². The number of carbonyl (C=O) groups is 2. The van der Waals surface area contributed by atoms with Gasteiger partial charge in [0.05, 0.1) is 6.54 Å². The predicted molar refractivity (Wildman–Crippen MR) is 102 cm³/mol. The average Bonchev–Trinajstić information content (AvgIpc) is 3.02. The van der Waals surface area contributed by atoms with Crippen molar-refractivity contribution in [3.05, 3.63) is 41.7 Å². The number of likely N-dealkylation sites (N-methyl/N-ethyl adjacent to an activating group) is 1. The van der Waals surface area contributed by atoms with Gasteiger partial charge in [-0.25, -0.2) is 0 Å². The van der Waals surface area contributed by atoms with Crippen LogP contribution >= 0.6 is 0 Å². The van der Waals surface area contributed by atoms with Gasteiger partial charge in [-0.05, 0) is 13.3 Å². The number of rotatable bonds is 4. The van der Waals surface area contributed by atoms with Gasteiger partial charge in [-0.1, -0.05) is 35.0 Å². The molecule has 2 heterocycles. The van der Waals surface area contributed by atoms with Crippen molar-refractivity contribution >= 4 is 11.8 Å². The topological polar surface area (TPSA) is 69.9 Å². The minimum atomic E-state index is -0.151. The third-order valence-electron chi connectivity index (χ3n) is 4.80. The third-order valence-corrected chi connectivity index (χ3v) is 4.80. The van der Waals surface area contributed by atoms with Crippen molar-refractivity contribution in [1.82, 2.24) is 19.9 Å². The summed E-state index contributed by atoms with van der Waals surface area (Å²) in [4.78, 5) is 30.1. The summed E-state index contributed by atoms with van der Waals surface area (Å²) >= 11 is 0. The molecule has 2 aromatic rings. The SMILES string of the molecule is Cc1ccc(-c2cc(C(=O)N3CCCN(CC(=O)N(C)C)CC3)on2)cc1. The molecule has 1 aromatic carbocycles. The number of amides is 2. The summed E-state index contributed by atoms with van der Waals surface area (Å²) in [7, 11) is 3.51. The molecule has 144 valence electrons. The number of nitrogens with zero attached hydrogens (tertiary/aromatic N) is 4. The van der Waals surface area contributed by atoms with Crippen molar-refractivity contribution in [2.75, 3.05) is 46.8 Å². The first kappa shape index (κ1) is 19.1. The quantitative estimate of drug-likeness (QED) is 0.822. The van der Waals surface area contributed by atoms with Crippen molar-refractivity contribution < 1.29 is 14.1 Å². The van der Waals surface area contributed by atoms with E-state index in [2.05, 4.69) is 10.1 Å². The Morgan fingerprint density at radius 2 is 1.85 bits per heavy atom. The van der Waals surface area contributed by atoms with Crippen molar-refractivity contribution in [3.8, 4) is 11.3 Å². The van der Waals surface area contributed by atoms with Gasteiger partial charge in [-0.3, -0.25) is 14.5 Å². The zero-order valence-corrected chi connectivity index (χ0v) is 16.1. The van der Waals surface area contributed by atoms with Crippen LogP contribution in [0.4, 0.5) is 0 Å². The molecule has 0 atom stereocenters. The Hall–Kier alpha value is -2.67. The fourth-order valence-corrected chi connectivity index (χ4v) is 3.06. The highest BCUT2D eigenvalue weighted by atomic mass is 16.5. The van der Waals surface area contributed by atoms with Crippen LogP contribution in [-0.4, -0.2) is 78.5 Å². The highest BCUT2D eigenvalue weighted by Gasteiger charge is 2.24. The molecule has 1 saturated heterocycles. The molecule has 0 saturated carbocycles. The summed E-state index contributed by atoms with van der Waals surface area (Å²) in [6.45, 7) is 5.09.